The first-order valence-electron chi connectivity index (χ1n) is 7.22. The van der Waals surface area contributed by atoms with Crippen molar-refractivity contribution in [2.75, 3.05) is 7.11 Å². The van der Waals surface area contributed by atoms with Crippen LogP contribution in [-0.2, 0) is 0 Å². The third-order valence-corrected chi connectivity index (χ3v) is 3.59. The molecule has 25 heavy (non-hydrogen) atoms. The molecule has 0 radical (unpaired) electrons. The molecule has 1 amide bonds. The van der Waals surface area contributed by atoms with Crippen molar-refractivity contribution in [3.8, 4) is 29.1 Å². The molecule has 0 saturated carbocycles. The molecule has 0 bridgehead atoms. The number of nitrogens with two attached hydrogens (primary N) is 1. The Balaban J connectivity index is 2.13. The highest BCUT2D eigenvalue weighted by atomic mass is 16.5. The van der Waals surface area contributed by atoms with E-state index in [1.54, 1.807) is 30.3 Å². The summed E-state index contributed by atoms with van der Waals surface area (Å²) in [5, 5.41) is 20.1. The summed E-state index contributed by atoms with van der Waals surface area (Å²) in [5.41, 5.74) is 4.80. The van der Waals surface area contributed by atoms with E-state index in [0.717, 1.165) is 0 Å². The summed E-state index contributed by atoms with van der Waals surface area (Å²) in [6.07, 6.45) is 0. The Morgan fingerprint density at radius 3 is 2.56 bits per heavy atom. The summed E-state index contributed by atoms with van der Waals surface area (Å²) >= 11 is 0. The van der Waals surface area contributed by atoms with Gasteiger partial charge in [0.2, 0.25) is 0 Å². The lowest BCUT2D eigenvalue weighted by molar-refractivity contribution is 0.0993. The second-order valence-corrected chi connectivity index (χ2v) is 5.09. The van der Waals surface area contributed by atoms with Gasteiger partial charge in [-0.05, 0) is 30.3 Å². The largest absolute Gasteiger partial charge is 0.505 e. The average molecular weight is 335 g/mol. The van der Waals surface area contributed by atoms with Crippen LogP contribution in [0.5, 0.6) is 23.0 Å². The summed E-state index contributed by atoms with van der Waals surface area (Å²) < 4.78 is 11.0. The van der Waals surface area contributed by atoms with Crippen LogP contribution < -0.4 is 15.2 Å². The van der Waals surface area contributed by atoms with Gasteiger partial charge in [-0.1, -0.05) is 12.1 Å². The summed E-state index contributed by atoms with van der Waals surface area (Å²) in [6, 6.07) is 13.7. The Bertz CT molecular complexity index is 1020. The zero-order valence-corrected chi connectivity index (χ0v) is 13.2. The number of aromatic nitrogens is 1. The maximum absolute atomic E-state index is 11.4. The molecule has 124 valence electrons. The third-order valence-electron chi connectivity index (χ3n) is 3.59. The number of hydrogen-bond acceptors (Lipinski definition) is 6. The number of carbonyl (C=O) groups is 1. The van der Waals surface area contributed by atoms with Gasteiger partial charge in [-0.25, -0.2) is 4.98 Å². The van der Waals surface area contributed by atoms with Crippen molar-refractivity contribution in [3.63, 3.8) is 0 Å². The summed E-state index contributed by atoms with van der Waals surface area (Å²) in [5.74, 6) is 0.180. The molecule has 0 spiro atoms. The Kier molecular flexibility index (Phi) is 4.10. The first-order valence-corrected chi connectivity index (χ1v) is 7.22. The molecule has 0 fully saturated rings. The number of hydrogen-bond donors (Lipinski definition) is 2. The van der Waals surface area contributed by atoms with Crippen molar-refractivity contribution >= 4 is 16.7 Å². The maximum atomic E-state index is 11.4. The fourth-order valence-electron chi connectivity index (χ4n) is 2.43. The van der Waals surface area contributed by atoms with Crippen LogP contribution in [0.2, 0.25) is 0 Å². The number of fused-ring (bicyclic) bond motifs is 1. The zero-order valence-electron chi connectivity index (χ0n) is 13.2. The Morgan fingerprint density at radius 2 is 1.92 bits per heavy atom. The van der Waals surface area contributed by atoms with Crippen LogP contribution in [0.3, 0.4) is 0 Å². The number of benzene rings is 2. The number of methoxy groups -OCH3 is 1. The van der Waals surface area contributed by atoms with Gasteiger partial charge < -0.3 is 20.3 Å². The zero-order chi connectivity index (χ0) is 18.0. The lowest BCUT2D eigenvalue weighted by Crippen LogP contribution is -2.14. The number of nitriles is 1. The van der Waals surface area contributed by atoms with Crippen LogP contribution in [-0.4, -0.2) is 23.1 Å². The molecule has 0 unspecified atom stereocenters. The highest BCUT2D eigenvalue weighted by Crippen LogP contribution is 2.35. The number of ether oxygens (including phenoxy) is 2. The van der Waals surface area contributed by atoms with E-state index in [2.05, 4.69) is 4.98 Å². The second kappa shape index (κ2) is 6.37. The molecule has 0 aliphatic heterocycles. The van der Waals surface area contributed by atoms with Crippen molar-refractivity contribution in [2.45, 2.75) is 0 Å². The van der Waals surface area contributed by atoms with Crippen LogP contribution in [0.25, 0.3) is 10.8 Å². The van der Waals surface area contributed by atoms with Gasteiger partial charge in [0.25, 0.3) is 5.91 Å². The van der Waals surface area contributed by atoms with Gasteiger partial charge in [0, 0.05) is 10.8 Å². The number of amides is 1. The molecule has 7 heteroatoms. The van der Waals surface area contributed by atoms with E-state index in [1.807, 2.05) is 12.1 Å². The van der Waals surface area contributed by atoms with Crippen LogP contribution in [0.1, 0.15) is 16.2 Å². The minimum absolute atomic E-state index is 0.0351. The fraction of sp³-hybridized carbons (Fsp3) is 0.0556. The molecule has 1 heterocycles. The van der Waals surface area contributed by atoms with E-state index >= 15 is 0 Å². The summed E-state index contributed by atoms with van der Waals surface area (Å²) in [6.45, 7) is 0. The van der Waals surface area contributed by atoms with Crippen LogP contribution in [0, 0.1) is 11.3 Å². The lowest BCUT2D eigenvalue weighted by atomic mass is 10.1. The van der Waals surface area contributed by atoms with Crippen molar-refractivity contribution in [3.05, 3.63) is 53.9 Å². The highest BCUT2D eigenvalue weighted by molar-refractivity contribution is 6.02. The minimum atomic E-state index is -0.912. The van der Waals surface area contributed by atoms with Crippen molar-refractivity contribution in [1.29, 1.82) is 5.26 Å². The monoisotopic (exact) mass is 335 g/mol. The first kappa shape index (κ1) is 16.1. The quantitative estimate of drug-likeness (QED) is 0.756. The van der Waals surface area contributed by atoms with Crippen molar-refractivity contribution < 1.29 is 19.4 Å². The first-order chi connectivity index (χ1) is 12.0. The summed E-state index contributed by atoms with van der Waals surface area (Å²) in [4.78, 5) is 15.2. The van der Waals surface area contributed by atoms with Crippen LogP contribution in [0.4, 0.5) is 0 Å². The number of pyridine rings is 1. The van der Waals surface area contributed by atoms with E-state index in [0.29, 0.717) is 22.6 Å². The Hall–Kier alpha value is -3.79. The van der Waals surface area contributed by atoms with E-state index in [1.165, 1.54) is 13.2 Å². The number of aromatic hydroxyl groups is 1. The van der Waals surface area contributed by atoms with Crippen LogP contribution in [0.15, 0.2) is 42.5 Å². The molecule has 0 aliphatic carbocycles. The minimum Gasteiger partial charge on any atom is -0.505 e. The summed E-state index contributed by atoms with van der Waals surface area (Å²) in [7, 11) is 1.53. The van der Waals surface area contributed by atoms with E-state index < -0.39 is 5.91 Å². The maximum Gasteiger partial charge on any atom is 0.271 e. The smallest absolute Gasteiger partial charge is 0.271 e. The molecule has 3 rings (SSSR count). The van der Waals surface area contributed by atoms with Crippen molar-refractivity contribution in [1.82, 2.24) is 4.98 Å². The SMILES string of the molecule is COc1ccccc1Oc1ccc2c(O)c(C(N)=O)nc(C#N)c2c1. The fourth-order valence-corrected chi connectivity index (χ4v) is 2.43. The van der Waals surface area contributed by atoms with Crippen molar-refractivity contribution in [2.24, 2.45) is 5.73 Å². The molecule has 3 aromatic rings. The van der Waals surface area contributed by atoms with Gasteiger partial charge in [-0.2, -0.15) is 5.26 Å². The number of carbonyl (C=O) groups excluding carboxylic acids is 1. The van der Waals surface area contributed by atoms with E-state index in [4.69, 9.17) is 15.2 Å². The van der Waals surface area contributed by atoms with E-state index in [-0.39, 0.29) is 22.5 Å². The van der Waals surface area contributed by atoms with E-state index in [9.17, 15) is 15.2 Å². The lowest BCUT2D eigenvalue weighted by Gasteiger charge is -2.12. The Morgan fingerprint density at radius 1 is 1.20 bits per heavy atom. The molecule has 2 aromatic carbocycles. The predicted molar refractivity (Wildman–Crippen MR) is 89.7 cm³/mol. The molecule has 0 aliphatic rings. The number of primary amides is 1. The van der Waals surface area contributed by atoms with Gasteiger partial charge in [0.15, 0.2) is 22.9 Å². The van der Waals surface area contributed by atoms with Gasteiger partial charge in [-0.3, -0.25) is 4.79 Å². The number of para-hydroxylation sites is 2. The number of rotatable bonds is 4. The van der Waals surface area contributed by atoms with Gasteiger partial charge >= 0.3 is 0 Å². The van der Waals surface area contributed by atoms with Gasteiger partial charge in [0.05, 0.1) is 7.11 Å². The molecule has 7 nitrogen and oxygen atoms in total. The topological polar surface area (TPSA) is 118 Å². The van der Waals surface area contributed by atoms with Crippen LogP contribution >= 0.6 is 0 Å². The molecule has 0 saturated heterocycles. The highest BCUT2D eigenvalue weighted by Gasteiger charge is 2.18. The third kappa shape index (κ3) is 2.88. The molecular weight excluding hydrogens is 322 g/mol. The Labute approximate surface area is 142 Å². The average Bonchev–Trinajstić information content (AvgIpc) is 2.62. The normalized spacial score (nSPS) is 10.2. The molecule has 1 aromatic heterocycles. The second-order valence-electron chi connectivity index (χ2n) is 5.09. The predicted octanol–water partition coefficient (Wildman–Crippen LogP) is 2.71. The number of nitrogens with zero attached hydrogens (tertiary/aromatic N) is 2. The standard InChI is InChI=1S/C18H13N3O4/c1-24-14-4-2-3-5-15(14)25-10-6-7-11-12(8-10)13(9-19)21-16(17(11)22)18(20)23/h2-8,22H,1H3,(H2,20,23). The molecule has 0 atom stereocenters. The van der Waals surface area contributed by atoms with Gasteiger partial charge in [-0.15, -0.1) is 0 Å². The van der Waals surface area contributed by atoms with Gasteiger partial charge in [0.1, 0.15) is 17.5 Å². The molecule has 3 N–H and O–H groups in total. The molecular formula is C18H13N3O4.